The molecule has 0 amide bonds. The standard InChI is InChI=1S/C15H16O4S/c1-12-2-8-15(9-3-12)20(17,18)19-14-6-4-13(5-7-14)10-11-16/h2-9,16H,10-11H2,1H3. The minimum absolute atomic E-state index is 0.0574. The zero-order valence-electron chi connectivity index (χ0n) is 11.1. The van der Waals surface area contributed by atoms with Crippen LogP contribution in [-0.4, -0.2) is 20.1 Å². The van der Waals surface area contributed by atoms with E-state index in [0.717, 1.165) is 11.1 Å². The lowest BCUT2D eigenvalue weighted by Crippen LogP contribution is -2.09. The summed E-state index contributed by atoms with van der Waals surface area (Å²) in [5, 5.41) is 8.82. The maximum atomic E-state index is 12.1. The van der Waals surface area contributed by atoms with Crippen molar-refractivity contribution in [2.75, 3.05) is 6.61 Å². The molecule has 1 N–H and O–H groups in total. The van der Waals surface area contributed by atoms with Crippen LogP contribution in [-0.2, 0) is 16.5 Å². The van der Waals surface area contributed by atoms with E-state index in [0.29, 0.717) is 6.42 Å². The second-order valence-electron chi connectivity index (χ2n) is 4.47. The van der Waals surface area contributed by atoms with Crippen molar-refractivity contribution < 1.29 is 17.7 Å². The predicted octanol–water partition coefficient (Wildman–Crippen LogP) is 2.30. The van der Waals surface area contributed by atoms with E-state index in [1.54, 1.807) is 36.4 Å². The maximum Gasteiger partial charge on any atom is 0.339 e. The van der Waals surface area contributed by atoms with Crippen molar-refractivity contribution in [2.24, 2.45) is 0 Å². The first-order valence-electron chi connectivity index (χ1n) is 6.22. The van der Waals surface area contributed by atoms with Crippen LogP contribution in [0.1, 0.15) is 11.1 Å². The van der Waals surface area contributed by atoms with Gasteiger partial charge in [-0.05, 0) is 43.2 Å². The number of aliphatic hydroxyl groups excluding tert-OH is 1. The average molecular weight is 292 g/mol. The highest BCUT2D eigenvalue weighted by atomic mass is 32.2. The van der Waals surface area contributed by atoms with Gasteiger partial charge < -0.3 is 9.29 Å². The molecule has 0 unspecified atom stereocenters. The van der Waals surface area contributed by atoms with Gasteiger partial charge in [-0.1, -0.05) is 29.8 Å². The minimum Gasteiger partial charge on any atom is -0.396 e. The van der Waals surface area contributed by atoms with Gasteiger partial charge in [0.25, 0.3) is 0 Å². The molecule has 0 fully saturated rings. The van der Waals surface area contributed by atoms with Crippen LogP contribution in [0.25, 0.3) is 0 Å². The summed E-state index contributed by atoms with van der Waals surface area (Å²) < 4.78 is 29.2. The molecule has 5 heteroatoms. The molecule has 2 rings (SSSR count). The normalized spacial score (nSPS) is 11.3. The van der Waals surface area contributed by atoms with Gasteiger partial charge in [0.05, 0.1) is 0 Å². The van der Waals surface area contributed by atoms with Gasteiger partial charge in [0.1, 0.15) is 10.6 Å². The van der Waals surface area contributed by atoms with Crippen molar-refractivity contribution in [3.8, 4) is 5.75 Å². The first-order valence-corrected chi connectivity index (χ1v) is 7.63. The molecule has 2 aromatic carbocycles. The van der Waals surface area contributed by atoms with Crippen molar-refractivity contribution in [1.82, 2.24) is 0 Å². The first kappa shape index (κ1) is 14.6. The van der Waals surface area contributed by atoms with Gasteiger partial charge in [-0.3, -0.25) is 0 Å². The van der Waals surface area contributed by atoms with E-state index in [1.807, 2.05) is 6.92 Å². The lowest BCUT2D eigenvalue weighted by Gasteiger charge is -2.08. The van der Waals surface area contributed by atoms with Crippen LogP contribution in [0, 0.1) is 6.92 Å². The zero-order valence-corrected chi connectivity index (χ0v) is 11.9. The molecule has 0 spiro atoms. The van der Waals surface area contributed by atoms with E-state index in [9.17, 15) is 8.42 Å². The number of benzene rings is 2. The monoisotopic (exact) mass is 292 g/mol. The number of hydrogen-bond donors (Lipinski definition) is 1. The van der Waals surface area contributed by atoms with E-state index >= 15 is 0 Å². The summed E-state index contributed by atoms with van der Waals surface area (Å²) in [5.74, 6) is 0.257. The maximum absolute atomic E-state index is 12.1. The summed E-state index contributed by atoms with van der Waals surface area (Å²) in [6.45, 7) is 1.94. The summed E-state index contributed by atoms with van der Waals surface area (Å²) in [4.78, 5) is 0.127. The van der Waals surface area contributed by atoms with E-state index in [1.165, 1.54) is 12.1 Å². The van der Waals surface area contributed by atoms with Crippen LogP contribution >= 0.6 is 0 Å². The first-order chi connectivity index (χ1) is 9.51. The largest absolute Gasteiger partial charge is 0.396 e. The van der Waals surface area contributed by atoms with Crippen LogP contribution in [0.15, 0.2) is 53.4 Å². The topological polar surface area (TPSA) is 63.6 Å². The van der Waals surface area contributed by atoms with Crippen molar-refractivity contribution in [2.45, 2.75) is 18.2 Å². The SMILES string of the molecule is Cc1ccc(S(=O)(=O)Oc2ccc(CCO)cc2)cc1. The molecule has 0 aliphatic heterocycles. The molecule has 0 aliphatic carbocycles. The Balaban J connectivity index is 2.17. The summed E-state index contributed by atoms with van der Waals surface area (Å²) in [6, 6.07) is 13.1. The molecule has 0 saturated heterocycles. The average Bonchev–Trinajstić information content (AvgIpc) is 2.41. The molecule has 2 aromatic rings. The third-order valence-corrected chi connectivity index (χ3v) is 4.10. The van der Waals surface area contributed by atoms with Crippen molar-refractivity contribution in [3.63, 3.8) is 0 Å². The molecule has 0 bridgehead atoms. The van der Waals surface area contributed by atoms with E-state index in [2.05, 4.69) is 0 Å². The third kappa shape index (κ3) is 3.59. The number of hydrogen-bond acceptors (Lipinski definition) is 4. The lowest BCUT2D eigenvalue weighted by molar-refractivity contribution is 0.299. The van der Waals surface area contributed by atoms with Gasteiger partial charge in [-0.2, -0.15) is 8.42 Å². The second kappa shape index (κ2) is 6.07. The Hall–Kier alpha value is -1.85. The highest BCUT2D eigenvalue weighted by Crippen LogP contribution is 2.19. The third-order valence-electron chi connectivity index (χ3n) is 2.84. The fourth-order valence-corrected chi connectivity index (χ4v) is 2.65. The summed E-state index contributed by atoms with van der Waals surface area (Å²) in [6.07, 6.45) is 0.533. The Morgan fingerprint density at radius 3 is 2.15 bits per heavy atom. The molecular formula is C15H16O4S. The molecule has 4 nitrogen and oxygen atoms in total. The van der Waals surface area contributed by atoms with Crippen LogP contribution in [0.5, 0.6) is 5.75 Å². The Labute approximate surface area is 118 Å². The lowest BCUT2D eigenvalue weighted by atomic mass is 10.2. The number of rotatable bonds is 5. The zero-order chi connectivity index (χ0) is 14.6. The Morgan fingerprint density at radius 2 is 1.60 bits per heavy atom. The molecule has 106 valence electrons. The Bertz CT molecular complexity index is 658. The molecule has 0 atom stereocenters. The van der Waals surface area contributed by atoms with Gasteiger partial charge in [0.2, 0.25) is 0 Å². The fourth-order valence-electron chi connectivity index (χ4n) is 1.72. The molecule has 20 heavy (non-hydrogen) atoms. The van der Waals surface area contributed by atoms with Gasteiger partial charge in [-0.15, -0.1) is 0 Å². The Kier molecular flexibility index (Phi) is 4.42. The van der Waals surface area contributed by atoms with Crippen LogP contribution in [0.3, 0.4) is 0 Å². The van der Waals surface area contributed by atoms with E-state index in [4.69, 9.17) is 9.29 Å². The smallest absolute Gasteiger partial charge is 0.339 e. The van der Waals surface area contributed by atoms with Crippen molar-refractivity contribution in [3.05, 3.63) is 59.7 Å². The van der Waals surface area contributed by atoms with Gasteiger partial charge in [-0.25, -0.2) is 0 Å². The van der Waals surface area contributed by atoms with Gasteiger partial charge in [0, 0.05) is 6.61 Å². The predicted molar refractivity (Wildman–Crippen MR) is 76.2 cm³/mol. The van der Waals surface area contributed by atoms with Crippen molar-refractivity contribution >= 4 is 10.1 Å². The second-order valence-corrected chi connectivity index (χ2v) is 6.01. The molecule has 0 saturated carbocycles. The summed E-state index contributed by atoms with van der Waals surface area (Å²) in [7, 11) is -3.80. The van der Waals surface area contributed by atoms with E-state index in [-0.39, 0.29) is 17.3 Å². The van der Waals surface area contributed by atoms with Crippen LogP contribution < -0.4 is 4.18 Å². The van der Waals surface area contributed by atoms with Gasteiger partial charge in [0.15, 0.2) is 0 Å². The number of aryl methyl sites for hydroxylation is 1. The molecule has 0 aliphatic rings. The molecule has 0 aromatic heterocycles. The highest BCUT2D eigenvalue weighted by Gasteiger charge is 2.16. The summed E-state index contributed by atoms with van der Waals surface area (Å²) >= 11 is 0. The number of aliphatic hydroxyl groups is 1. The summed E-state index contributed by atoms with van der Waals surface area (Å²) in [5.41, 5.74) is 1.91. The van der Waals surface area contributed by atoms with Gasteiger partial charge >= 0.3 is 10.1 Å². The molecule has 0 heterocycles. The van der Waals surface area contributed by atoms with Crippen LogP contribution in [0.2, 0.25) is 0 Å². The Morgan fingerprint density at radius 1 is 1.00 bits per heavy atom. The molecular weight excluding hydrogens is 276 g/mol. The van der Waals surface area contributed by atoms with Crippen molar-refractivity contribution in [1.29, 1.82) is 0 Å². The van der Waals surface area contributed by atoms with Crippen LogP contribution in [0.4, 0.5) is 0 Å². The van der Waals surface area contributed by atoms with E-state index < -0.39 is 10.1 Å². The highest BCUT2D eigenvalue weighted by molar-refractivity contribution is 7.87. The molecule has 0 radical (unpaired) electrons. The fraction of sp³-hybridized carbons (Fsp3) is 0.200. The quantitative estimate of drug-likeness (QED) is 0.859. The minimum atomic E-state index is -3.80.